The van der Waals surface area contributed by atoms with Gasteiger partial charge >= 0.3 is 0 Å². The zero-order chi connectivity index (χ0) is 14.8. The zero-order valence-corrected chi connectivity index (χ0v) is 13.4. The predicted octanol–water partition coefficient (Wildman–Crippen LogP) is 2.27. The minimum absolute atomic E-state index is 0.0586. The quantitative estimate of drug-likeness (QED) is 0.855. The zero-order valence-electron chi connectivity index (χ0n) is 11.0. The van der Waals surface area contributed by atoms with E-state index in [0.717, 1.165) is 5.69 Å². The van der Waals surface area contributed by atoms with Crippen LogP contribution in [0.5, 0.6) is 0 Å². The lowest BCUT2D eigenvalue weighted by molar-refractivity contribution is 0.470. The Labute approximate surface area is 125 Å². The molecule has 20 heavy (non-hydrogen) atoms. The Morgan fingerprint density at radius 3 is 2.75 bits per heavy atom. The third-order valence-corrected chi connectivity index (χ3v) is 4.75. The Hall–Kier alpha value is -1.38. The molecule has 0 unspecified atom stereocenters. The molecule has 0 aliphatic carbocycles. The van der Waals surface area contributed by atoms with E-state index in [0.29, 0.717) is 18.0 Å². The number of nitrogens with one attached hydrogen (secondary N) is 2. The average Bonchev–Trinajstić information content (AvgIpc) is 2.74. The first-order valence-corrected chi connectivity index (χ1v) is 8.08. The molecule has 2 aromatic rings. The monoisotopic (exact) mass is 359 g/mol. The van der Waals surface area contributed by atoms with E-state index in [4.69, 9.17) is 4.42 Å². The molecule has 0 atom stereocenters. The highest BCUT2D eigenvalue weighted by Gasteiger charge is 2.22. The maximum absolute atomic E-state index is 12.3. The predicted molar refractivity (Wildman–Crippen MR) is 79.0 cm³/mol. The summed E-state index contributed by atoms with van der Waals surface area (Å²) < 4.78 is 32.5. The third-order valence-electron chi connectivity index (χ3n) is 2.51. The molecule has 2 N–H and O–H groups in total. The molecule has 108 valence electrons. The molecule has 2 rings (SSSR count). The van der Waals surface area contributed by atoms with Gasteiger partial charge in [0.25, 0.3) is 10.0 Å². The average molecular weight is 360 g/mol. The minimum atomic E-state index is -3.71. The fourth-order valence-electron chi connectivity index (χ4n) is 1.58. The largest absolute Gasteiger partial charge is 0.451 e. The van der Waals surface area contributed by atoms with Crippen LogP contribution in [0, 0.1) is 6.92 Å². The van der Waals surface area contributed by atoms with Crippen molar-refractivity contribution in [1.29, 1.82) is 0 Å². The number of hydrogen-bond donors (Lipinski definition) is 2. The van der Waals surface area contributed by atoms with Crippen LogP contribution in [0.2, 0.25) is 0 Å². The van der Waals surface area contributed by atoms with Crippen LogP contribution in [-0.2, 0) is 16.6 Å². The molecule has 0 fully saturated rings. The first-order chi connectivity index (χ1) is 9.42. The van der Waals surface area contributed by atoms with Crippen LogP contribution in [-0.4, -0.2) is 20.4 Å². The molecular formula is C12H14BrN3O3S. The first kappa shape index (κ1) is 15.0. The molecule has 0 radical (unpaired) electrons. The number of sulfonamides is 1. The van der Waals surface area contributed by atoms with E-state index in [1.807, 2.05) is 6.92 Å². The van der Waals surface area contributed by atoms with Crippen molar-refractivity contribution in [1.82, 2.24) is 10.3 Å². The van der Waals surface area contributed by atoms with E-state index in [1.165, 1.54) is 12.3 Å². The molecule has 2 heterocycles. The van der Waals surface area contributed by atoms with Crippen LogP contribution in [0.4, 0.5) is 5.69 Å². The molecule has 0 aromatic carbocycles. The van der Waals surface area contributed by atoms with Crippen molar-refractivity contribution >= 4 is 31.6 Å². The summed E-state index contributed by atoms with van der Waals surface area (Å²) in [5.41, 5.74) is 1.22. The topological polar surface area (TPSA) is 84.2 Å². The molecule has 0 aliphatic heterocycles. The van der Waals surface area contributed by atoms with Gasteiger partial charge in [0, 0.05) is 11.8 Å². The van der Waals surface area contributed by atoms with Crippen molar-refractivity contribution in [3.63, 3.8) is 0 Å². The van der Waals surface area contributed by atoms with Crippen LogP contribution >= 0.6 is 15.9 Å². The summed E-state index contributed by atoms with van der Waals surface area (Å²) in [7, 11) is -1.96. The van der Waals surface area contributed by atoms with Crippen molar-refractivity contribution in [2.45, 2.75) is 18.4 Å². The highest BCUT2D eigenvalue weighted by Crippen LogP contribution is 2.27. The number of aryl methyl sites for hydroxylation is 1. The fraction of sp³-hybridized carbons (Fsp3) is 0.250. The normalized spacial score (nSPS) is 11.6. The number of aromatic nitrogens is 1. The van der Waals surface area contributed by atoms with Gasteiger partial charge in [-0.05, 0) is 42.0 Å². The number of rotatable bonds is 5. The lowest BCUT2D eigenvalue weighted by Crippen LogP contribution is -2.13. The summed E-state index contributed by atoms with van der Waals surface area (Å²) in [6.07, 6.45) is 1.47. The summed E-state index contributed by atoms with van der Waals surface area (Å²) in [5.74, 6) is 0.529. The summed E-state index contributed by atoms with van der Waals surface area (Å²) in [5, 5.41) is 2.89. The van der Waals surface area contributed by atoms with Gasteiger partial charge in [0.2, 0.25) is 0 Å². The highest BCUT2D eigenvalue weighted by molar-refractivity contribution is 9.10. The second-order valence-corrected chi connectivity index (χ2v) is 6.55. The number of halogens is 1. The molecule has 0 spiro atoms. The lowest BCUT2D eigenvalue weighted by atomic mass is 10.4. The number of pyridine rings is 1. The summed E-state index contributed by atoms with van der Waals surface area (Å²) in [6, 6.07) is 4.86. The molecular weight excluding hydrogens is 346 g/mol. The van der Waals surface area contributed by atoms with E-state index in [9.17, 15) is 8.42 Å². The molecule has 0 aliphatic rings. The van der Waals surface area contributed by atoms with Crippen molar-refractivity contribution < 1.29 is 12.8 Å². The molecule has 0 saturated heterocycles. The molecule has 0 saturated carbocycles. The maximum atomic E-state index is 12.3. The van der Waals surface area contributed by atoms with Crippen LogP contribution in [0.15, 0.2) is 38.4 Å². The Bertz CT molecular complexity index is 695. The third kappa shape index (κ3) is 3.38. The standard InChI is InChI=1S/C12H14BrN3O3S/c1-8-3-4-9(6-15-8)16-20(17,18)11-5-10(7-14-2)19-12(11)13/h3-6,14,16H,7H2,1-2H3. The highest BCUT2D eigenvalue weighted by atomic mass is 79.9. The molecule has 0 bridgehead atoms. The molecule has 6 nitrogen and oxygen atoms in total. The molecule has 0 amide bonds. The smallest absolute Gasteiger partial charge is 0.266 e. The summed E-state index contributed by atoms with van der Waals surface area (Å²) in [4.78, 5) is 4.10. The number of hydrogen-bond acceptors (Lipinski definition) is 5. The van der Waals surface area contributed by atoms with Crippen molar-refractivity contribution in [2.75, 3.05) is 11.8 Å². The minimum Gasteiger partial charge on any atom is -0.451 e. The van der Waals surface area contributed by atoms with Gasteiger partial charge < -0.3 is 9.73 Å². The Morgan fingerprint density at radius 1 is 1.40 bits per heavy atom. The summed E-state index contributed by atoms with van der Waals surface area (Å²) >= 11 is 3.12. The van der Waals surface area contributed by atoms with E-state index in [-0.39, 0.29) is 9.56 Å². The number of anilines is 1. The number of nitrogens with zero attached hydrogens (tertiary/aromatic N) is 1. The van der Waals surface area contributed by atoms with E-state index in [2.05, 4.69) is 31.0 Å². The second-order valence-electron chi connectivity index (χ2n) is 4.17. The van der Waals surface area contributed by atoms with Gasteiger partial charge in [-0.15, -0.1) is 0 Å². The van der Waals surface area contributed by atoms with Crippen molar-refractivity contribution in [3.05, 3.63) is 40.5 Å². The van der Waals surface area contributed by atoms with Gasteiger partial charge in [0.1, 0.15) is 10.7 Å². The van der Waals surface area contributed by atoms with Gasteiger partial charge in [-0.2, -0.15) is 0 Å². The van der Waals surface area contributed by atoms with Crippen LogP contribution in [0.1, 0.15) is 11.5 Å². The summed E-state index contributed by atoms with van der Waals surface area (Å²) in [6.45, 7) is 2.27. The second kappa shape index (κ2) is 5.94. The van der Waals surface area contributed by atoms with Gasteiger partial charge in [-0.25, -0.2) is 8.42 Å². The fourth-order valence-corrected chi connectivity index (χ4v) is 3.62. The van der Waals surface area contributed by atoms with E-state index < -0.39 is 10.0 Å². The number of furan rings is 1. The van der Waals surface area contributed by atoms with Gasteiger partial charge in [-0.1, -0.05) is 0 Å². The molecule has 8 heteroatoms. The maximum Gasteiger partial charge on any atom is 0.266 e. The van der Waals surface area contributed by atoms with Crippen LogP contribution < -0.4 is 10.0 Å². The Morgan fingerprint density at radius 2 is 2.15 bits per heavy atom. The van der Waals surface area contributed by atoms with E-state index in [1.54, 1.807) is 19.2 Å². The SMILES string of the molecule is CNCc1cc(S(=O)(=O)Nc2ccc(C)nc2)c(Br)o1. The van der Waals surface area contributed by atoms with E-state index >= 15 is 0 Å². The Kier molecular flexibility index (Phi) is 4.46. The van der Waals surface area contributed by atoms with Gasteiger partial charge in [0.15, 0.2) is 4.67 Å². The van der Waals surface area contributed by atoms with Crippen LogP contribution in [0.25, 0.3) is 0 Å². The lowest BCUT2D eigenvalue weighted by Gasteiger charge is -2.06. The van der Waals surface area contributed by atoms with Crippen molar-refractivity contribution in [3.8, 4) is 0 Å². The van der Waals surface area contributed by atoms with Crippen LogP contribution in [0.3, 0.4) is 0 Å². The van der Waals surface area contributed by atoms with Gasteiger partial charge in [-0.3, -0.25) is 9.71 Å². The first-order valence-electron chi connectivity index (χ1n) is 5.80. The Balaban J connectivity index is 2.28. The molecule has 2 aromatic heterocycles. The van der Waals surface area contributed by atoms with Gasteiger partial charge in [0.05, 0.1) is 18.4 Å². The van der Waals surface area contributed by atoms with Crippen molar-refractivity contribution in [2.24, 2.45) is 0 Å².